The van der Waals surface area contributed by atoms with Crippen molar-refractivity contribution in [2.45, 2.75) is 5.92 Å². The lowest BCUT2D eigenvalue weighted by Gasteiger charge is -2.27. The fourth-order valence-corrected chi connectivity index (χ4v) is 4.18. The van der Waals surface area contributed by atoms with Gasteiger partial charge in [-0.05, 0) is 42.0 Å². The number of hydrogen-bond acceptors (Lipinski definition) is 5. The van der Waals surface area contributed by atoms with E-state index in [1.165, 1.54) is 5.56 Å². The molecule has 0 bridgehead atoms. The molecule has 6 rings (SSSR count). The third-order valence-electron chi connectivity index (χ3n) is 6.06. The lowest BCUT2D eigenvalue weighted by Crippen LogP contribution is -2.39. The summed E-state index contributed by atoms with van der Waals surface area (Å²) < 4.78 is 2.08. The van der Waals surface area contributed by atoms with Gasteiger partial charge in [-0.25, -0.2) is 15.0 Å². The summed E-state index contributed by atoms with van der Waals surface area (Å²) in [6.07, 6.45) is 1.69. The second-order valence-corrected chi connectivity index (χ2v) is 8.06. The first-order chi connectivity index (χ1) is 15.8. The van der Waals surface area contributed by atoms with Crippen molar-refractivity contribution in [3.8, 4) is 28.3 Å². The third kappa shape index (κ3) is 3.13. The predicted octanol–water partition coefficient (Wildman–Crippen LogP) is 4.42. The van der Waals surface area contributed by atoms with Gasteiger partial charge in [0, 0.05) is 36.5 Å². The highest BCUT2D eigenvalue weighted by Crippen LogP contribution is 2.32. The molecule has 32 heavy (non-hydrogen) atoms. The van der Waals surface area contributed by atoms with Crippen LogP contribution in [0, 0.1) is 0 Å². The van der Waals surface area contributed by atoms with Crippen LogP contribution in [0.1, 0.15) is 11.5 Å². The van der Waals surface area contributed by atoms with Gasteiger partial charge in [-0.15, -0.1) is 0 Å². The van der Waals surface area contributed by atoms with Gasteiger partial charge >= 0.3 is 0 Å². The van der Waals surface area contributed by atoms with Gasteiger partial charge in [0.25, 0.3) is 0 Å². The van der Waals surface area contributed by atoms with E-state index in [4.69, 9.17) is 15.7 Å². The molecular formula is C26H22N6. The number of fused-ring (bicyclic) bond motifs is 1. The number of nitrogens with two attached hydrogens (primary N) is 1. The number of imidazole rings is 1. The lowest BCUT2D eigenvalue weighted by molar-refractivity contribution is 0.448. The first kappa shape index (κ1) is 18.7. The Morgan fingerprint density at radius 3 is 2.38 bits per heavy atom. The molecule has 0 radical (unpaired) electrons. The van der Waals surface area contributed by atoms with Crippen LogP contribution in [0.25, 0.3) is 39.5 Å². The number of pyridine rings is 2. The number of nitrogen functional groups attached to an aromatic ring is 1. The Morgan fingerprint density at radius 1 is 0.844 bits per heavy atom. The third-order valence-corrected chi connectivity index (χ3v) is 6.06. The summed E-state index contributed by atoms with van der Waals surface area (Å²) in [7, 11) is 0. The van der Waals surface area contributed by atoms with Crippen LogP contribution in [0.5, 0.6) is 0 Å². The standard InChI is InChI=1S/C26H22N6/c27-24-21(7-4-14-29-24)25-31-23-13-12-22(18-5-2-1-3-6-18)30-26(23)32(25)20-10-8-17(9-11-20)19-15-28-16-19/h1-14,19,28H,15-16H2,(H2,27,29). The number of aromatic nitrogens is 4. The van der Waals surface area contributed by atoms with Crippen molar-refractivity contribution >= 4 is 17.0 Å². The van der Waals surface area contributed by atoms with Gasteiger partial charge in [-0.1, -0.05) is 42.5 Å². The lowest BCUT2D eigenvalue weighted by atomic mass is 9.94. The van der Waals surface area contributed by atoms with Crippen molar-refractivity contribution in [2.75, 3.05) is 18.8 Å². The molecule has 6 nitrogen and oxygen atoms in total. The molecular weight excluding hydrogens is 396 g/mol. The topological polar surface area (TPSA) is 81.7 Å². The molecule has 0 unspecified atom stereocenters. The molecule has 1 fully saturated rings. The van der Waals surface area contributed by atoms with Gasteiger partial charge in [-0.3, -0.25) is 4.57 Å². The zero-order chi connectivity index (χ0) is 21.5. The molecule has 1 aliphatic rings. The van der Waals surface area contributed by atoms with Gasteiger partial charge in [0.15, 0.2) is 11.5 Å². The highest BCUT2D eigenvalue weighted by molar-refractivity contribution is 5.84. The number of hydrogen-bond donors (Lipinski definition) is 2. The molecule has 3 aromatic heterocycles. The Balaban J connectivity index is 1.57. The number of nitrogens with one attached hydrogen (secondary N) is 1. The van der Waals surface area contributed by atoms with E-state index in [0.717, 1.165) is 52.6 Å². The van der Waals surface area contributed by atoms with Gasteiger partial charge < -0.3 is 11.1 Å². The summed E-state index contributed by atoms with van der Waals surface area (Å²) in [5.41, 5.74) is 13.0. The molecule has 6 heteroatoms. The van der Waals surface area contributed by atoms with Crippen LogP contribution < -0.4 is 11.1 Å². The molecule has 1 saturated heterocycles. The minimum atomic E-state index is 0.449. The van der Waals surface area contributed by atoms with Crippen LogP contribution in [0.4, 0.5) is 5.82 Å². The Morgan fingerprint density at radius 2 is 1.66 bits per heavy atom. The highest BCUT2D eigenvalue weighted by Gasteiger charge is 2.21. The molecule has 4 heterocycles. The predicted molar refractivity (Wildman–Crippen MR) is 128 cm³/mol. The molecule has 0 amide bonds. The average molecular weight is 419 g/mol. The molecule has 0 atom stereocenters. The maximum Gasteiger partial charge on any atom is 0.165 e. The van der Waals surface area contributed by atoms with Gasteiger partial charge in [0.2, 0.25) is 0 Å². The highest BCUT2D eigenvalue weighted by atomic mass is 15.1. The average Bonchev–Trinajstić information content (AvgIpc) is 3.18. The van der Waals surface area contributed by atoms with Crippen molar-refractivity contribution in [1.29, 1.82) is 0 Å². The first-order valence-electron chi connectivity index (χ1n) is 10.7. The summed E-state index contributed by atoms with van der Waals surface area (Å²) in [6.45, 7) is 2.07. The summed E-state index contributed by atoms with van der Waals surface area (Å²) in [4.78, 5) is 14.2. The maximum atomic E-state index is 6.24. The van der Waals surface area contributed by atoms with Crippen LogP contribution in [0.2, 0.25) is 0 Å². The fraction of sp³-hybridized carbons (Fsp3) is 0.115. The van der Waals surface area contributed by atoms with Crippen LogP contribution in [0.3, 0.4) is 0 Å². The van der Waals surface area contributed by atoms with Crippen molar-refractivity contribution in [1.82, 2.24) is 24.8 Å². The second-order valence-electron chi connectivity index (χ2n) is 8.06. The molecule has 0 spiro atoms. The Labute approximate surface area is 185 Å². The summed E-state index contributed by atoms with van der Waals surface area (Å²) >= 11 is 0. The quantitative estimate of drug-likeness (QED) is 0.452. The van der Waals surface area contributed by atoms with Crippen molar-refractivity contribution in [2.24, 2.45) is 0 Å². The summed E-state index contributed by atoms with van der Waals surface area (Å²) in [5.74, 6) is 1.77. The van der Waals surface area contributed by atoms with Crippen LogP contribution in [0.15, 0.2) is 85.1 Å². The van der Waals surface area contributed by atoms with E-state index in [2.05, 4.69) is 51.3 Å². The SMILES string of the molecule is Nc1ncccc1-c1nc2ccc(-c3ccccc3)nc2n1-c1ccc(C2CNC2)cc1. The van der Waals surface area contributed by atoms with Crippen molar-refractivity contribution in [3.05, 3.63) is 90.6 Å². The molecule has 0 aliphatic carbocycles. The van der Waals surface area contributed by atoms with Gasteiger partial charge in [-0.2, -0.15) is 0 Å². The smallest absolute Gasteiger partial charge is 0.165 e. The number of anilines is 1. The van der Waals surface area contributed by atoms with E-state index < -0.39 is 0 Å². The zero-order valence-corrected chi connectivity index (χ0v) is 17.4. The summed E-state index contributed by atoms with van der Waals surface area (Å²) in [6, 6.07) is 26.7. The molecule has 156 valence electrons. The molecule has 5 aromatic rings. The van der Waals surface area contributed by atoms with E-state index in [1.807, 2.05) is 42.5 Å². The van der Waals surface area contributed by atoms with E-state index >= 15 is 0 Å². The Hall–Kier alpha value is -4.03. The number of rotatable bonds is 4. The number of benzene rings is 2. The first-order valence-corrected chi connectivity index (χ1v) is 10.7. The van der Waals surface area contributed by atoms with Crippen LogP contribution in [-0.4, -0.2) is 32.6 Å². The molecule has 0 saturated carbocycles. The molecule has 3 N–H and O–H groups in total. The molecule has 1 aliphatic heterocycles. The van der Waals surface area contributed by atoms with E-state index in [0.29, 0.717) is 11.7 Å². The van der Waals surface area contributed by atoms with E-state index in [9.17, 15) is 0 Å². The largest absolute Gasteiger partial charge is 0.383 e. The Bertz CT molecular complexity index is 1400. The molecule has 2 aromatic carbocycles. The van der Waals surface area contributed by atoms with Crippen molar-refractivity contribution in [3.63, 3.8) is 0 Å². The van der Waals surface area contributed by atoms with E-state index in [1.54, 1.807) is 6.20 Å². The Kier molecular flexibility index (Phi) is 4.44. The van der Waals surface area contributed by atoms with Crippen molar-refractivity contribution < 1.29 is 0 Å². The van der Waals surface area contributed by atoms with Gasteiger partial charge in [0.1, 0.15) is 11.3 Å². The van der Waals surface area contributed by atoms with Gasteiger partial charge in [0.05, 0.1) is 11.3 Å². The minimum Gasteiger partial charge on any atom is -0.383 e. The second kappa shape index (κ2) is 7.59. The minimum absolute atomic E-state index is 0.449. The normalized spacial score (nSPS) is 13.9. The zero-order valence-electron chi connectivity index (χ0n) is 17.4. The van der Waals surface area contributed by atoms with Crippen LogP contribution >= 0.6 is 0 Å². The van der Waals surface area contributed by atoms with E-state index in [-0.39, 0.29) is 0 Å². The fourth-order valence-electron chi connectivity index (χ4n) is 4.18. The summed E-state index contributed by atoms with van der Waals surface area (Å²) in [5, 5.41) is 3.34. The monoisotopic (exact) mass is 418 g/mol. The number of nitrogens with zero attached hydrogens (tertiary/aromatic N) is 4. The van der Waals surface area contributed by atoms with Crippen LogP contribution in [-0.2, 0) is 0 Å². The maximum absolute atomic E-state index is 6.24.